The molecular weight excluding hydrogens is 477 g/mol. The maximum atomic E-state index is 14.6. The van der Waals surface area contributed by atoms with Gasteiger partial charge in [-0.05, 0) is 67.6 Å². The topological polar surface area (TPSA) is 69.7 Å². The fourth-order valence-corrected chi connectivity index (χ4v) is 5.86. The molecule has 1 saturated heterocycles. The number of amides is 1. The first-order chi connectivity index (χ1) is 17.3. The SMILES string of the molecule is CC1CCN(c2ccc(C(C)NC(=O)CN(c3ccccc3F)S(=O)(=O)c3ccccc3)cc2)CC1. The molecule has 8 heteroatoms. The standard InChI is InChI=1S/C28H32FN3O3S/c1-21-16-18-31(19-17-21)24-14-12-23(13-15-24)22(2)30-28(33)20-32(27-11-7-6-10-26(27)29)36(34,35)25-8-4-3-5-9-25/h3-15,21-22H,16-20H2,1-2H3,(H,30,33). The van der Waals surface area contributed by atoms with E-state index in [-0.39, 0.29) is 16.6 Å². The van der Waals surface area contributed by atoms with E-state index in [0.717, 1.165) is 34.6 Å². The molecule has 0 spiro atoms. The van der Waals surface area contributed by atoms with Gasteiger partial charge in [0.1, 0.15) is 12.4 Å². The number of benzene rings is 3. The molecule has 0 radical (unpaired) electrons. The summed E-state index contributed by atoms with van der Waals surface area (Å²) in [5.41, 5.74) is 1.88. The van der Waals surface area contributed by atoms with Gasteiger partial charge in [0.2, 0.25) is 5.91 Å². The van der Waals surface area contributed by atoms with E-state index >= 15 is 0 Å². The molecular formula is C28H32FN3O3S. The van der Waals surface area contributed by atoms with Crippen molar-refractivity contribution >= 4 is 27.3 Å². The van der Waals surface area contributed by atoms with Crippen LogP contribution in [0.4, 0.5) is 15.8 Å². The van der Waals surface area contributed by atoms with Crippen molar-refractivity contribution in [3.8, 4) is 0 Å². The van der Waals surface area contributed by atoms with Crippen LogP contribution in [-0.2, 0) is 14.8 Å². The highest BCUT2D eigenvalue weighted by atomic mass is 32.2. The van der Waals surface area contributed by atoms with E-state index < -0.39 is 28.3 Å². The summed E-state index contributed by atoms with van der Waals surface area (Å²) in [4.78, 5) is 15.3. The number of para-hydroxylation sites is 1. The highest BCUT2D eigenvalue weighted by molar-refractivity contribution is 7.92. The van der Waals surface area contributed by atoms with Crippen molar-refractivity contribution < 1.29 is 17.6 Å². The Morgan fingerprint density at radius 3 is 2.25 bits per heavy atom. The van der Waals surface area contributed by atoms with Crippen molar-refractivity contribution in [2.75, 3.05) is 28.8 Å². The largest absolute Gasteiger partial charge is 0.372 e. The van der Waals surface area contributed by atoms with Crippen LogP contribution in [-0.4, -0.2) is 34.0 Å². The Balaban J connectivity index is 1.49. The minimum atomic E-state index is -4.17. The molecule has 0 bridgehead atoms. The number of carbonyl (C=O) groups excluding carboxylic acids is 1. The molecule has 1 amide bonds. The lowest BCUT2D eigenvalue weighted by molar-refractivity contribution is -0.120. The van der Waals surface area contributed by atoms with Gasteiger partial charge in [0.15, 0.2) is 0 Å². The maximum Gasteiger partial charge on any atom is 0.264 e. The summed E-state index contributed by atoms with van der Waals surface area (Å²) in [5, 5.41) is 2.86. The number of rotatable bonds is 8. The lowest BCUT2D eigenvalue weighted by Crippen LogP contribution is -2.42. The van der Waals surface area contributed by atoms with Gasteiger partial charge < -0.3 is 10.2 Å². The molecule has 1 aliphatic heterocycles. The summed E-state index contributed by atoms with van der Waals surface area (Å²) in [6.45, 7) is 5.65. The molecule has 1 atom stereocenters. The number of hydrogen-bond acceptors (Lipinski definition) is 4. The third-order valence-electron chi connectivity index (χ3n) is 6.66. The summed E-state index contributed by atoms with van der Waals surface area (Å²) >= 11 is 0. The Labute approximate surface area is 212 Å². The molecule has 0 aliphatic carbocycles. The Morgan fingerprint density at radius 1 is 1.00 bits per heavy atom. The molecule has 4 rings (SSSR count). The van der Waals surface area contributed by atoms with E-state index in [0.29, 0.717) is 0 Å². The fourth-order valence-electron chi connectivity index (χ4n) is 4.41. The van der Waals surface area contributed by atoms with Crippen molar-refractivity contribution in [1.82, 2.24) is 5.32 Å². The number of sulfonamides is 1. The number of halogens is 1. The van der Waals surface area contributed by atoms with Gasteiger partial charge in [-0.1, -0.05) is 49.4 Å². The van der Waals surface area contributed by atoms with E-state index in [1.807, 2.05) is 19.1 Å². The third kappa shape index (κ3) is 5.87. The molecule has 1 heterocycles. The lowest BCUT2D eigenvalue weighted by atomic mass is 9.98. The predicted molar refractivity (Wildman–Crippen MR) is 141 cm³/mol. The Kier molecular flexibility index (Phi) is 7.94. The zero-order valence-electron chi connectivity index (χ0n) is 20.6. The highest BCUT2D eigenvalue weighted by Crippen LogP contribution is 2.27. The maximum absolute atomic E-state index is 14.6. The van der Waals surface area contributed by atoms with Crippen molar-refractivity contribution in [3.63, 3.8) is 0 Å². The van der Waals surface area contributed by atoms with Gasteiger partial charge >= 0.3 is 0 Å². The number of carbonyl (C=O) groups is 1. The van der Waals surface area contributed by atoms with Crippen LogP contribution in [0.25, 0.3) is 0 Å². The van der Waals surface area contributed by atoms with Gasteiger partial charge in [0, 0.05) is 18.8 Å². The van der Waals surface area contributed by atoms with Crippen LogP contribution in [0.3, 0.4) is 0 Å². The number of nitrogens with zero attached hydrogens (tertiary/aromatic N) is 2. The second-order valence-electron chi connectivity index (χ2n) is 9.33. The highest BCUT2D eigenvalue weighted by Gasteiger charge is 2.29. The van der Waals surface area contributed by atoms with Crippen LogP contribution < -0.4 is 14.5 Å². The van der Waals surface area contributed by atoms with Crippen LogP contribution >= 0.6 is 0 Å². The quantitative estimate of drug-likeness (QED) is 0.457. The average molecular weight is 510 g/mol. The molecule has 190 valence electrons. The zero-order chi connectivity index (χ0) is 25.7. The number of anilines is 2. The zero-order valence-corrected chi connectivity index (χ0v) is 21.4. The van der Waals surface area contributed by atoms with Crippen molar-refractivity contribution in [2.45, 2.75) is 37.6 Å². The first-order valence-electron chi connectivity index (χ1n) is 12.2. The van der Waals surface area contributed by atoms with Gasteiger partial charge in [-0.25, -0.2) is 12.8 Å². The van der Waals surface area contributed by atoms with E-state index in [4.69, 9.17) is 0 Å². The minimum absolute atomic E-state index is 0.0169. The average Bonchev–Trinajstić information content (AvgIpc) is 2.89. The minimum Gasteiger partial charge on any atom is -0.372 e. The molecule has 36 heavy (non-hydrogen) atoms. The summed E-state index contributed by atoms with van der Waals surface area (Å²) in [5.74, 6) is -0.495. The van der Waals surface area contributed by atoms with Gasteiger partial charge in [-0.15, -0.1) is 0 Å². The third-order valence-corrected chi connectivity index (χ3v) is 8.43. The molecule has 1 aliphatic rings. The Morgan fingerprint density at radius 2 is 1.61 bits per heavy atom. The van der Waals surface area contributed by atoms with Crippen LogP contribution in [0.5, 0.6) is 0 Å². The van der Waals surface area contributed by atoms with E-state index in [2.05, 4.69) is 29.3 Å². The van der Waals surface area contributed by atoms with Crippen LogP contribution in [0.2, 0.25) is 0 Å². The second-order valence-corrected chi connectivity index (χ2v) is 11.2. The molecule has 0 saturated carbocycles. The molecule has 1 N–H and O–H groups in total. The smallest absolute Gasteiger partial charge is 0.264 e. The molecule has 3 aromatic rings. The molecule has 1 fully saturated rings. The Bertz CT molecular complexity index is 1270. The number of nitrogens with one attached hydrogen (secondary N) is 1. The van der Waals surface area contributed by atoms with E-state index in [1.54, 1.807) is 18.2 Å². The lowest BCUT2D eigenvalue weighted by Gasteiger charge is -2.32. The summed E-state index contributed by atoms with van der Waals surface area (Å²) in [6.07, 6.45) is 2.36. The van der Waals surface area contributed by atoms with Gasteiger partial charge in [-0.3, -0.25) is 9.10 Å². The van der Waals surface area contributed by atoms with E-state index in [9.17, 15) is 17.6 Å². The summed E-state index contributed by atoms with van der Waals surface area (Å²) in [6, 6.07) is 21.0. The number of hydrogen-bond donors (Lipinski definition) is 1. The predicted octanol–water partition coefficient (Wildman–Crippen LogP) is 5.13. The van der Waals surface area contributed by atoms with Crippen LogP contribution in [0.1, 0.15) is 38.3 Å². The first-order valence-corrected chi connectivity index (χ1v) is 13.7. The van der Waals surface area contributed by atoms with Crippen LogP contribution in [0, 0.1) is 11.7 Å². The van der Waals surface area contributed by atoms with Crippen LogP contribution in [0.15, 0.2) is 83.8 Å². The first kappa shape index (κ1) is 25.7. The molecule has 6 nitrogen and oxygen atoms in total. The van der Waals surface area contributed by atoms with Gasteiger partial charge in [0.25, 0.3) is 10.0 Å². The Hall–Kier alpha value is -3.39. The molecule has 0 aromatic heterocycles. The normalized spacial score (nSPS) is 15.4. The molecule has 3 aromatic carbocycles. The summed E-state index contributed by atoms with van der Waals surface area (Å²) in [7, 11) is -4.17. The van der Waals surface area contributed by atoms with Gasteiger partial charge in [-0.2, -0.15) is 0 Å². The van der Waals surface area contributed by atoms with Crippen molar-refractivity contribution in [3.05, 3.63) is 90.2 Å². The van der Waals surface area contributed by atoms with Crippen molar-refractivity contribution in [1.29, 1.82) is 0 Å². The monoisotopic (exact) mass is 509 g/mol. The number of piperidine rings is 1. The second kappa shape index (κ2) is 11.1. The van der Waals surface area contributed by atoms with E-state index in [1.165, 1.54) is 49.2 Å². The fraction of sp³-hybridized carbons (Fsp3) is 0.321. The van der Waals surface area contributed by atoms with Crippen molar-refractivity contribution in [2.24, 2.45) is 5.92 Å². The summed E-state index contributed by atoms with van der Waals surface area (Å²) < 4.78 is 42.2. The molecule has 1 unspecified atom stereocenters. The van der Waals surface area contributed by atoms with Gasteiger partial charge in [0.05, 0.1) is 16.6 Å².